The Morgan fingerprint density at radius 3 is 2.23 bits per heavy atom. The zero-order chi connectivity index (χ0) is 29.2. The summed E-state index contributed by atoms with van der Waals surface area (Å²) in [6, 6.07) is 9.64. The fourth-order valence-electron chi connectivity index (χ4n) is 5.54. The largest absolute Gasteiger partial charge is 0.481 e. The van der Waals surface area contributed by atoms with Crippen molar-refractivity contribution in [3.63, 3.8) is 0 Å². The van der Waals surface area contributed by atoms with E-state index >= 15 is 0 Å². The number of carbonyl (C=O) groups is 1. The summed E-state index contributed by atoms with van der Waals surface area (Å²) in [5.41, 5.74) is 0.920. The van der Waals surface area contributed by atoms with Crippen LogP contribution in [0.25, 0.3) is 0 Å². The fraction of sp³-hybridized carbons (Fsp3) is 0.700. The normalized spacial score (nSPS) is 29.6. The molecule has 0 aliphatic carbocycles. The smallest absolute Gasteiger partial charge is 0.311 e. The molecule has 0 unspecified atom stereocenters. The molecule has 1 heterocycles. The molecule has 1 aromatic carbocycles. The van der Waals surface area contributed by atoms with Gasteiger partial charge in [0, 0.05) is 40.3 Å². The van der Waals surface area contributed by atoms with Crippen LogP contribution in [0.4, 0.5) is 0 Å². The number of unbranched alkanes of at least 4 members (excludes halogenated alkanes) is 1. The summed E-state index contributed by atoms with van der Waals surface area (Å²) in [5.74, 6) is -4.41. The lowest BCUT2D eigenvalue weighted by atomic mass is 9.77. The Balaban J connectivity index is 2.06. The quantitative estimate of drug-likeness (QED) is 0.206. The number of hydrogen-bond donors (Lipinski definition) is 3. The highest BCUT2D eigenvalue weighted by molar-refractivity contribution is 5.71. The molecule has 0 amide bonds. The van der Waals surface area contributed by atoms with Crippen LogP contribution in [-0.4, -0.2) is 86.0 Å². The first kappa shape index (κ1) is 33.4. The van der Waals surface area contributed by atoms with Gasteiger partial charge in [0.1, 0.15) is 18.1 Å². The monoisotopic (exact) mass is 552 g/mol. The van der Waals surface area contributed by atoms with Crippen LogP contribution in [0.5, 0.6) is 0 Å². The molecule has 39 heavy (non-hydrogen) atoms. The van der Waals surface area contributed by atoms with Crippen molar-refractivity contribution < 1.29 is 43.8 Å². The van der Waals surface area contributed by atoms with Gasteiger partial charge in [0.15, 0.2) is 0 Å². The molecule has 222 valence electrons. The topological polar surface area (TPSA) is 124 Å². The van der Waals surface area contributed by atoms with E-state index in [0.717, 1.165) is 24.8 Å². The number of rotatable bonds is 16. The van der Waals surface area contributed by atoms with E-state index in [1.54, 1.807) is 14.2 Å². The summed E-state index contributed by atoms with van der Waals surface area (Å²) in [7, 11) is 6.06. The SMILES string of the molecule is CO[C@@H](CCCC[C@H](O)c1ccccc1)[C@@H](/C=C/[C@H](C)[C@@H]1O[C@](OC)([C@H](C)C(=O)O)[C@H](OC)[C@@H](O)[C@@H]1C)OC. The maximum absolute atomic E-state index is 11.9. The Morgan fingerprint density at radius 2 is 1.69 bits per heavy atom. The summed E-state index contributed by atoms with van der Waals surface area (Å²) in [6.07, 6.45) is 3.50. The van der Waals surface area contributed by atoms with Gasteiger partial charge in [-0.3, -0.25) is 4.79 Å². The summed E-state index contributed by atoms with van der Waals surface area (Å²) in [6.45, 7) is 5.29. The third kappa shape index (κ3) is 8.10. The highest BCUT2D eigenvalue weighted by Gasteiger charge is 2.59. The van der Waals surface area contributed by atoms with Gasteiger partial charge in [-0.15, -0.1) is 0 Å². The van der Waals surface area contributed by atoms with Gasteiger partial charge in [-0.2, -0.15) is 0 Å². The Kier molecular flexibility index (Phi) is 13.5. The van der Waals surface area contributed by atoms with E-state index in [4.69, 9.17) is 23.7 Å². The predicted molar refractivity (Wildman–Crippen MR) is 147 cm³/mol. The van der Waals surface area contributed by atoms with E-state index in [-0.39, 0.29) is 24.0 Å². The fourth-order valence-corrected chi connectivity index (χ4v) is 5.54. The lowest BCUT2D eigenvalue weighted by Gasteiger charge is -2.52. The van der Waals surface area contributed by atoms with Crippen molar-refractivity contribution in [1.29, 1.82) is 0 Å². The zero-order valence-electron chi connectivity index (χ0n) is 24.4. The second-order valence-corrected chi connectivity index (χ2v) is 10.5. The maximum atomic E-state index is 11.9. The van der Waals surface area contributed by atoms with Crippen LogP contribution < -0.4 is 0 Å². The van der Waals surface area contributed by atoms with E-state index in [1.807, 2.05) is 56.3 Å². The standard InChI is InChI=1S/C30H48O9/c1-19(27-20(2)26(32)28(37-6)30(38-7,39-27)21(3)29(33)34)17-18-25(36-5)24(35-4)16-12-11-15-23(31)22-13-9-8-10-14-22/h8-10,13-14,17-21,23-28,31-32H,11-12,15-16H2,1-7H3,(H,33,34)/b18-17+/t19-,20-,21+,23-,24-,25+,26-,27-,28+,30+/m0/s1. The van der Waals surface area contributed by atoms with Crippen molar-refractivity contribution in [3.8, 4) is 0 Å². The lowest BCUT2D eigenvalue weighted by molar-refractivity contribution is -0.368. The third-order valence-corrected chi connectivity index (χ3v) is 8.10. The molecule has 0 saturated carbocycles. The summed E-state index contributed by atoms with van der Waals surface area (Å²) in [5, 5.41) is 31.2. The van der Waals surface area contributed by atoms with Crippen molar-refractivity contribution in [3.05, 3.63) is 48.0 Å². The Hall–Kier alpha value is -1.85. The second-order valence-electron chi connectivity index (χ2n) is 10.5. The molecule has 9 heteroatoms. The zero-order valence-corrected chi connectivity index (χ0v) is 24.4. The number of aliphatic hydroxyl groups is 2. The number of ether oxygens (including phenoxy) is 5. The average molecular weight is 553 g/mol. The van der Waals surface area contributed by atoms with E-state index in [0.29, 0.717) is 6.42 Å². The van der Waals surface area contributed by atoms with E-state index in [2.05, 4.69) is 0 Å². The van der Waals surface area contributed by atoms with E-state index in [9.17, 15) is 20.1 Å². The second kappa shape index (κ2) is 15.8. The minimum absolute atomic E-state index is 0.189. The minimum Gasteiger partial charge on any atom is -0.481 e. The van der Waals surface area contributed by atoms with Gasteiger partial charge in [-0.05, 0) is 25.3 Å². The molecule has 1 aliphatic rings. The molecule has 0 spiro atoms. The van der Waals surface area contributed by atoms with Gasteiger partial charge >= 0.3 is 5.97 Å². The van der Waals surface area contributed by atoms with Gasteiger partial charge in [-0.1, -0.05) is 69.2 Å². The Morgan fingerprint density at radius 1 is 1.05 bits per heavy atom. The molecule has 9 nitrogen and oxygen atoms in total. The van der Waals surface area contributed by atoms with Crippen LogP contribution in [0.3, 0.4) is 0 Å². The van der Waals surface area contributed by atoms with Crippen molar-refractivity contribution in [2.45, 2.75) is 88.9 Å². The molecule has 1 aliphatic heterocycles. The molecular weight excluding hydrogens is 504 g/mol. The molecule has 0 radical (unpaired) electrons. The Labute approximate surface area is 233 Å². The molecule has 0 bridgehead atoms. The summed E-state index contributed by atoms with van der Waals surface area (Å²) >= 11 is 0. The predicted octanol–water partition coefficient (Wildman–Crippen LogP) is 3.98. The van der Waals surface area contributed by atoms with E-state index in [1.165, 1.54) is 21.1 Å². The van der Waals surface area contributed by atoms with Crippen molar-refractivity contribution in [1.82, 2.24) is 0 Å². The van der Waals surface area contributed by atoms with Crippen LogP contribution in [0.1, 0.15) is 58.1 Å². The minimum atomic E-state index is -1.65. The molecule has 1 fully saturated rings. The highest BCUT2D eigenvalue weighted by Crippen LogP contribution is 2.42. The first-order valence-electron chi connectivity index (χ1n) is 13.7. The molecule has 10 atom stereocenters. The molecule has 2 rings (SSSR count). The molecule has 0 aromatic heterocycles. The average Bonchev–Trinajstić information content (AvgIpc) is 2.95. The number of methoxy groups -OCH3 is 4. The van der Waals surface area contributed by atoms with Crippen LogP contribution in [0, 0.1) is 17.8 Å². The van der Waals surface area contributed by atoms with Crippen LogP contribution >= 0.6 is 0 Å². The van der Waals surface area contributed by atoms with Gasteiger partial charge in [0.05, 0.1) is 24.4 Å². The number of hydrogen-bond acceptors (Lipinski definition) is 8. The van der Waals surface area contributed by atoms with Crippen LogP contribution in [0.2, 0.25) is 0 Å². The maximum Gasteiger partial charge on any atom is 0.311 e. The molecule has 1 aromatic rings. The number of aliphatic carboxylic acids is 1. The first-order valence-corrected chi connectivity index (χ1v) is 13.7. The lowest BCUT2D eigenvalue weighted by Crippen LogP contribution is -2.67. The third-order valence-electron chi connectivity index (χ3n) is 8.10. The van der Waals surface area contributed by atoms with Crippen molar-refractivity contribution in [2.75, 3.05) is 28.4 Å². The summed E-state index contributed by atoms with van der Waals surface area (Å²) < 4.78 is 28.9. The van der Waals surface area contributed by atoms with Gasteiger partial charge < -0.3 is 39.0 Å². The van der Waals surface area contributed by atoms with E-state index < -0.39 is 42.1 Å². The summed E-state index contributed by atoms with van der Waals surface area (Å²) in [4.78, 5) is 11.9. The molecular formula is C30H48O9. The molecule has 3 N–H and O–H groups in total. The van der Waals surface area contributed by atoms with Gasteiger partial charge in [-0.25, -0.2) is 0 Å². The van der Waals surface area contributed by atoms with Gasteiger partial charge in [0.2, 0.25) is 5.79 Å². The van der Waals surface area contributed by atoms with Crippen LogP contribution in [-0.2, 0) is 28.5 Å². The Bertz CT molecular complexity index is 878. The highest BCUT2D eigenvalue weighted by atomic mass is 16.7. The van der Waals surface area contributed by atoms with Gasteiger partial charge in [0.25, 0.3) is 0 Å². The first-order chi connectivity index (χ1) is 18.6. The molecule has 1 saturated heterocycles. The van der Waals surface area contributed by atoms with Crippen molar-refractivity contribution in [2.24, 2.45) is 17.8 Å². The van der Waals surface area contributed by atoms with Crippen molar-refractivity contribution >= 4 is 5.97 Å². The number of carboxylic acids is 1. The van der Waals surface area contributed by atoms with Crippen LogP contribution in [0.15, 0.2) is 42.5 Å². The number of carboxylic acid groups (broad SMARTS) is 1. The number of aliphatic hydroxyl groups excluding tert-OH is 2. The number of benzene rings is 1.